The summed E-state index contributed by atoms with van der Waals surface area (Å²) < 4.78 is 22.0. The summed E-state index contributed by atoms with van der Waals surface area (Å²) in [4.78, 5) is 17.3. The highest BCUT2D eigenvalue weighted by Crippen LogP contribution is 2.24. The first-order valence-electron chi connectivity index (χ1n) is 5.64. The fourth-order valence-corrected chi connectivity index (χ4v) is 3.64. The number of hydrogen-bond acceptors (Lipinski definition) is 4. The van der Waals surface area contributed by atoms with E-state index in [0.717, 1.165) is 5.56 Å². The van der Waals surface area contributed by atoms with E-state index in [1.54, 1.807) is 23.2 Å². The average Bonchev–Trinajstić information content (AvgIpc) is 2.60. The largest absolute Gasteiger partial charge is 0.338 e. The smallest absolute Gasteiger partial charge is 0.232 e. The molecule has 19 heavy (non-hydrogen) atoms. The topological polar surface area (TPSA) is 67.3 Å². The summed E-state index contributed by atoms with van der Waals surface area (Å²) in [5.74, 6) is -0.534. The molecule has 1 aliphatic heterocycles. The van der Waals surface area contributed by atoms with Crippen molar-refractivity contribution in [2.75, 3.05) is 12.3 Å². The fraction of sp³-hybridized carbons (Fsp3) is 0.455. The number of hydrogen-bond donors (Lipinski definition) is 0. The van der Waals surface area contributed by atoms with Crippen molar-refractivity contribution >= 4 is 37.2 Å². The lowest BCUT2D eigenvalue weighted by Gasteiger charge is -2.16. The Morgan fingerprint density at radius 1 is 1.47 bits per heavy atom. The van der Waals surface area contributed by atoms with Crippen LogP contribution in [-0.4, -0.2) is 36.5 Å². The van der Waals surface area contributed by atoms with Crippen molar-refractivity contribution in [3.8, 4) is 0 Å². The van der Waals surface area contributed by atoms with Crippen LogP contribution in [0, 0.1) is 5.92 Å². The van der Waals surface area contributed by atoms with Crippen molar-refractivity contribution in [3.05, 3.63) is 29.0 Å². The molecule has 104 valence electrons. The minimum atomic E-state index is -3.58. The number of nitrogens with zero attached hydrogens (tertiary/aromatic N) is 2. The number of likely N-dealkylation sites (tertiary alicyclic amines) is 1. The molecule has 0 spiro atoms. The summed E-state index contributed by atoms with van der Waals surface area (Å²) in [5, 5.41) is 0.351. The number of aromatic nitrogens is 1. The minimum Gasteiger partial charge on any atom is -0.338 e. The summed E-state index contributed by atoms with van der Waals surface area (Å²) in [6, 6.07) is 3.52. The molecule has 1 amide bonds. The van der Waals surface area contributed by atoms with E-state index in [1.165, 1.54) is 0 Å². The molecule has 1 saturated heterocycles. The number of carbonyl (C=O) groups excluding carboxylic acids is 1. The number of carbonyl (C=O) groups is 1. The molecular formula is C11H12Cl2N2O3S. The molecule has 1 unspecified atom stereocenters. The summed E-state index contributed by atoms with van der Waals surface area (Å²) in [5.41, 5.74) is 0.742. The van der Waals surface area contributed by atoms with Crippen LogP contribution >= 0.6 is 22.3 Å². The van der Waals surface area contributed by atoms with Gasteiger partial charge in [0.1, 0.15) is 5.15 Å². The molecule has 0 aliphatic carbocycles. The maximum atomic E-state index is 11.8. The van der Waals surface area contributed by atoms with E-state index in [2.05, 4.69) is 4.98 Å². The quantitative estimate of drug-likeness (QED) is 0.624. The van der Waals surface area contributed by atoms with Crippen LogP contribution in [0.25, 0.3) is 0 Å². The third kappa shape index (κ3) is 4.06. The van der Waals surface area contributed by atoms with Crippen LogP contribution < -0.4 is 0 Å². The van der Waals surface area contributed by atoms with Crippen molar-refractivity contribution < 1.29 is 13.2 Å². The van der Waals surface area contributed by atoms with Gasteiger partial charge in [-0.25, -0.2) is 13.4 Å². The monoisotopic (exact) mass is 322 g/mol. The van der Waals surface area contributed by atoms with Gasteiger partial charge in [0, 0.05) is 47.9 Å². The van der Waals surface area contributed by atoms with Crippen molar-refractivity contribution in [2.45, 2.75) is 13.0 Å². The molecule has 0 radical (unpaired) electrons. The lowest BCUT2D eigenvalue weighted by Crippen LogP contribution is -2.25. The Kier molecular flexibility index (Phi) is 4.32. The maximum absolute atomic E-state index is 11.8. The Morgan fingerprint density at radius 2 is 2.21 bits per heavy atom. The molecular weight excluding hydrogens is 311 g/mol. The first-order valence-corrected chi connectivity index (χ1v) is 8.50. The zero-order chi connectivity index (χ0) is 14.0. The second-order valence-corrected chi connectivity index (χ2v) is 7.68. The Labute approximate surface area is 120 Å². The lowest BCUT2D eigenvalue weighted by atomic mass is 10.1. The molecule has 1 aliphatic rings. The van der Waals surface area contributed by atoms with Crippen molar-refractivity contribution in [1.82, 2.24) is 9.88 Å². The van der Waals surface area contributed by atoms with Crippen LogP contribution in [0.1, 0.15) is 12.0 Å². The number of amides is 1. The van der Waals surface area contributed by atoms with Crippen LogP contribution in [0.15, 0.2) is 18.3 Å². The van der Waals surface area contributed by atoms with Gasteiger partial charge in [0.25, 0.3) is 0 Å². The third-order valence-corrected chi connectivity index (χ3v) is 4.51. The molecule has 5 nitrogen and oxygen atoms in total. The van der Waals surface area contributed by atoms with Crippen molar-refractivity contribution in [2.24, 2.45) is 5.92 Å². The molecule has 1 atom stereocenters. The maximum Gasteiger partial charge on any atom is 0.232 e. The van der Waals surface area contributed by atoms with E-state index in [-0.39, 0.29) is 24.0 Å². The molecule has 1 aromatic heterocycles. The summed E-state index contributed by atoms with van der Waals surface area (Å²) in [6.07, 6.45) is 1.77. The van der Waals surface area contributed by atoms with E-state index in [1.807, 2.05) is 0 Å². The number of rotatable bonds is 4. The minimum absolute atomic E-state index is 0.0924. The Hall–Kier alpha value is -0.850. The predicted octanol–water partition coefficient (Wildman–Crippen LogP) is 1.65. The third-order valence-electron chi connectivity index (χ3n) is 2.93. The highest BCUT2D eigenvalue weighted by Gasteiger charge is 2.32. The van der Waals surface area contributed by atoms with Gasteiger partial charge in [0.2, 0.25) is 15.0 Å². The highest BCUT2D eigenvalue weighted by atomic mass is 35.7. The molecule has 1 fully saturated rings. The molecule has 0 N–H and O–H groups in total. The average molecular weight is 323 g/mol. The lowest BCUT2D eigenvalue weighted by molar-refractivity contribution is -0.128. The Morgan fingerprint density at radius 3 is 2.84 bits per heavy atom. The van der Waals surface area contributed by atoms with Gasteiger partial charge >= 0.3 is 0 Å². The standard InChI is InChI=1S/C11H12Cl2N2O3S/c12-11-9(2-1-3-14-11)6-15-5-8(4-10(15)16)7-19(13,17)18/h1-3,8H,4-7H2. The predicted molar refractivity (Wildman–Crippen MR) is 72.4 cm³/mol. The molecule has 8 heteroatoms. The van der Waals surface area contributed by atoms with E-state index >= 15 is 0 Å². The zero-order valence-electron chi connectivity index (χ0n) is 9.92. The summed E-state index contributed by atoms with van der Waals surface area (Å²) >= 11 is 5.93. The van der Waals surface area contributed by atoms with Gasteiger partial charge < -0.3 is 4.90 Å². The first-order chi connectivity index (χ1) is 8.85. The van der Waals surface area contributed by atoms with E-state index in [4.69, 9.17) is 22.3 Å². The van der Waals surface area contributed by atoms with Gasteiger partial charge in [-0.15, -0.1) is 0 Å². The summed E-state index contributed by atoms with van der Waals surface area (Å²) in [6.45, 7) is 0.709. The summed E-state index contributed by atoms with van der Waals surface area (Å²) in [7, 11) is 1.62. The molecule has 2 rings (SSSR count). The van der Waals surface area contributed by atoms with Crippen LogP contribution in [0.5, 0.6) is 0 Å². The van der Waals surface area contributed by atoms with E-state index < -0.39 is 9.05 Å². The Bertz CT molecular complexity index is 591. The van der Waals surface area contributed by atoms with Gasteiger partial charge in [0.15, 0.2) is 0 Å². The van der Waals surface area contributed by atoms with Gasteiger partial charge in [-0.05, 0) is 6.07 Å². The van der Waals surface area contributed by atoms with Gasteiger partial charge in [-0.1, -0.05) is 17.7 Å². The Balaban J connectivity index is 2.03. The van der Waals surface area contributed by atoms with Gasteiger partial charge in [0.05, 0.1) is 5.75 Å². The van der Waals surface area contributed by atoms with E-state index in [9.17, 15) is 13.2 Å². The van der Waals surface area contributed by atoms with Gasteiger partial charge in [-0.3, -0.25) is 4.79 Å². The number of pyridine rings is 1. The second kappa shape index (κ2) is 5.64. The fourth-order valence-electron chi connectivity index (χ4n) is 2.14. The van der Waals surface area contributed by atoms with Crippen molar-refractivity contribution in [3.63, 3.8) is 0 Å². The van der Waals surface area contributed by atoms with E-state index in [0.29, 0.717) is 18.2 Å². The van der Waals surface area contributed by atoms with Crippen LogP contribution in [0.4, 0.5) is 0 Å². The van der Waals surface area contributed by atoms with Gasteiger partial charge in [-0.2, -0.15) is 0 Å². The highest BCUT2D eigenvalue weighted by molar-refractivity contribution is 8.13. The van der Waals surface area contributed by atoms with Crippen LogP contribution in [0.3, 0.4) is 0 Å². The van der Waals surface area contributed by atoms with Crippen molar-refractivity contribution in [1.29, 1.82) is 0 Å². The molecule has 2 heterocycles. The van der Waals surface area contributed by atoms with Crippen LogP contribution in [0.2, 0.25) is 5.15 Å². The molecule has 1 aromatic rings. The number of halogens is 2. The SMILES string of the molecule is O=C1CC(CS(=O)(=O)Cl)CN1Cc1cccnc1Cl. The zero-order valence-corrected chi connectivity index (χ0v) is 12.2. The second-order valence-electron chi connectivity index (χ2n) is 4.50. The molecule has 0 saturated carbocycles. The first kappa shape index (κ1) is 14.6. The molecule has 0 aromatic carbocycles. The molecule has 0 bridgehead atoms. The normalized spacial score (nSPS) is 20.0. The van der Waals surface area contributed by atoms with Crippen LogP contribution in [-0.2, 0) is 20.4 Å².